The van der Waals surface area contributed by atoms with Crippen LogP contribution in [0.25, 0.3) is 11.1 Å². The van der Waals surface area contributed by atoms with E-state index in [1.165, 1.54) is 19.2 Å². The minimum absolute atomic E-state index is 0.0249. The molecule has 284 valence electrons. The van der Waals surface area contributed by atoms with Crippen LogP contribution in [0.1, 0.15) is 32.4 Å². The summed E-state index contributed by atoms with van der Waals surface area (Å²) in [6.45, 7) is 3.42. The molecule has 1 amide bonds. The molecule has 4 rings (SSSR count). The zero-order valence-electron chi connectivity index (χ0n) is 27.6. The summed E-state index contributed by atoms with van der Waals surface area (Å²) >= 11 is 0.987. The topological polar surface area (TPSA) is 274 Å². The average molecular weight is 778 g/mol. The van der Waals surface area contributed by atoms with Gasteiger partial charge in [-0.1, -0.05) is 17.3 Å². The highest BCUT2D eigenvalue weighted by Gasteiger charge is 2.51. The Morgan fingerprint density at radius 1 is 1.19 bits per heavy atom. The molecule has 23 heteroatoms. The number of nitrogen functional groups attached to an aromatic ring is 1. The highest BCUT2D eigenvalue weighted by molar-refractivity contribution is 7.84. The third kappa shape index (κ3) is 10.2. The zero-order chi connectivity index (χ0) is 39.2. The second-order valence-electron chi connectivity index (χ2n) is 11.4. The lowest BCUT2D eigenvalue weighted by molar-refractivity contribution is -0.753. The number of thiazole rings is 1. The second-order valence-corrected chi connectivity index (χ2v) is 13.6. The number of halogens is 3. The Balaban J connectivity index is 0.000000944. The summed E-state index contributed by atoms with van der Waals surface area (Å²) in [5, 5.41) is 24.0. The Kier molecular flexibility index (Phi) is 13.1. The van der Waals surface area contributed by atoms with Crippen molar-refractivity contribution in [3.63, 3.8) is 0 Å². The normalized spacial score (nSPS) is 17.3. The Morgan fingerprint density at radius 3 is 2.29 bits per heavy atom. The van der Waals surface area contributed by atoms with E-state index in [4.69, 9.17) is 30.9 Å². The monoisotopic (exact) mass is 777 g/mol. The van der Waals surface area contributed by atoms with Crippen LogP contribution in [0.3, 0.4) is 0 Å². The number of β-lactam (4-membered cyclic amide) rings is 1. The Labute approximate surface area is 297 Å². The molecule has 0 bridgehead atoms. The van der Waals surface area contributed by atoms with Gasteiger partial charge in [0.25, 0.3) is 5.60 Å². The number of nitrogens with zero attached hydrogens (tertiary/aromatic N) is 5. The number of benzene rings is 1. The van der Waals surface area contributed by atoms with Gasteiger partial charge in [-0.25, -0.2) is 14.1 Å². The van der Waals surface area contributed by atoms with Gasteiger partial charge in [-0.2, -0.15) is 26.3 Å². The van der Waals surface area contributed by atoms with Gasteiger partial charge in [0.2, 0.25) is 12.1 Å². The number of Topliss-reactive ketones (excluding diaryl/α,β-unsaturated/α-hetero) is 1. The number of carboxylic acid groups (broad SMARTS) is 2. The maximum atomic E-state index is 13.2. The number of rotatable bonds is 15. The van der Waals surface area contributed by atoms with E-state index >= 15 is 0 Å². The number of ketones is 1. The van der Waals surface area contributed by atoms with Gasteiger partial charge in [-0.05, 0) is 44.5 Å². The average Bonchev–Trinajstić information content (AvgIpc) is 3.65. The summed E-state index contributed by atoms with van der Waals surface area (Å²) in [7, 11) is -2.86. The summed E-state index contributed by atoms with van der Waals surface area (Å²) < 4.78 is 73.6. The van der Waals surface area contributed by atoms with E-state index in [1.807, 2.05) is 40.9 Å². The number of carbonyl (C=O) groups is 4. The number of amides is 1. The summed E-state index contributed by atoms with van der Waals surface area (Å²) in [5.41, 5.74) is 10.7. The van der Waals surface area contributed by atoms with E-state index in [9.17, 15) is 45.6 Å². The predicted molar refractivity (Wildman–Crippen MR) is 172 cm³/mol. The van der Waals surface area contributed by atoms with Crippen LogP contribution in [0.2, 0.25) is 0 Å². The van der Waals surface area contributed by atoms with E-state index in [1.54, 1.807) is 12.1 Å². The number of ether oxygens (including phenoxy) is 1. The molecular formula is C29H34F3N7O11S2. The Hall–Kier alpha value is -5.13. The minimum Gasteiger partial charge on any atom is -0.542 e. The van der Waals surface area contributed by atoms with Crippen LogP contribution < -0.4 is 26.0 Å². The van der Waals surface area contributed by atoms with Crippen LogP contribution in [0.5, 0.6) is 5.75 Å². The first kappa shape index (κ1) is 41.3. The fourth-order valence-corrected chi connectivity index (χ4v) is 6.07. The molecule has 18 nitrogen and oxygen atoms in total. The lowest BCUT2D eigenvalue weighted by atomic mass is 9.86. The number of oxime groups is 1. The number of nitrogens with two attached hydrogens (primary N) is 2. The lowest BCUT2D eigenvalue weighted by Gasteiger charge is -2.41. The fourth-order valence-electron chi connectivity index (χ4n) is 4.59. The molecule has 1 saturated heterocycles. The van der Waals surface area contributed by atoms with Crippen molar-refractivity contribution in [2.75, 3.05) is 18.9 Å². The SMILES string of the molecule is C[C@@H]1[C@H](CC(=O)/C(=N\O[C@@](C)(COc2ccc(-c3cn(CCCN)[n+](C)c3)cc2)C(=O)O)c2csc(N)n2)C(=O)N1S(=O)(=O)O.O=C([O-])C(F)(F)F. The molecule has 0 saturated carbocycles. The number of aryl methyl sites for hydroxylation is 2. The molecule has 0 unspecified atom stereocenters. The number of aromatic nitrogens is 3. The molecule has 1 aliphatic rings. The minimum atomic E-state index is -5.19. The Bertz CT molecular complexity index is 1930. The molecule has 0 spiro atoms. The van der Waals surface area contributed by atoms with E-state index < -0.39 is 76.4 Å². The summed E-state index contributed by atoms with van der Waals surface area (Å²) in [4.78, 5) is 56.0. The Morgan fingerprint density at radius 2 is 1.81 bits per heavy atom. The van der Waals surface area contributed by atoms with Crippen LogP contribution in [0, 0.1) is 5.92 Å². The molecule has 1 fully saturated rings. The standard InChI is InChI=1S/C27H33N7O9S2.C2HF3O2/c1-16-20(24(36)34(16)45(39,40)41)11-22(35)23(21-14-44-26(29)30-21)31-43-27(2,25(37)38)15-42-19-7-5-17(6-8-19)18-12-32(3)33(13-18)10-4-9-28;3-2(4,5)1(6)7/h5-8,12-14,16,20H,4,9-11,15,28H2,1-3H3,(H3-,29,30,37,38,39,40,41);(H,6,7)/b31-23-;/t16-,20+,27+;/m1./s1. The maximum Gasteiger partial charge on any atom is 0.430 e. The molecule has 3 aromatic rings. The summed E-state index contributed by atoms with van der Waals surface area (Å²) in [6.07, 6.45) is -0.890. The smallest absolute Gasteiger partial charge is 0.430 e. The molecule has 52 heavy (non-hydrogen) atoms. The van der Waals surface area contributed by atoms with Gasteiger partial charge in [0, 0.05) is 11.8 Å². The molecule has 3 heterocycles. The molecule has 6 N–H and O–H groups in total. The molecule has 3 atom stereocenters. The van der Waals surface area contributed by atoms with Crippen molar-refractivity contribution in [3.05, 3.63) is 47.7 Å². The van der Waals surface area contributed by atoms with Crippen molar-refractivity contribution in [3.8, 4) is 16.9 Å². The van der Waals surface area contributed by atoms with Gasteiger partial charge >= 0.3 is 22.4 Å². The molecule has 2 aromatic heterocycles. The number of carboxylic acids is 2. The molecular weight excluding hydrogens is 743 g/mol. The highest BCUT2D eigenvalue weighted by Crippen LogP contribution is 2.32. The third-order valence-corrected chi connectivity index (χ3v) is 9.19. The van der Waals surface area contributed by atoms with E-state index in [-0.39, 0.29) is 15.1 Å². The number of hydrogen-bond acceptors (Lipinski definition) is 14. The van der Waals surface area contributed by atoms with Gasteiger partial charge in [0.05, 0.1) is 30.3 Å². The predicted octanol–water partition coefficient (Wildman–Crippen LogP) is -0.0824. The number of carbonyl (C=O) groups excluding carboxylic acids is 3. The quantitative estimate of drug-likeness (QED) is 0.0517. The van der Waals surface area contributed by atoms with Crippen LogP contribution in [0.15, 0.2) is 47.2 Å². The van der Waals surface area contributed by atoms with Gasteiger partial charge in [0.1, 0.15) is 24.0 Å². The lowest BCUT2D eigenvalue weighted by Crippen LogP contribution is -2.62. The van der Waals surface area contributed by atoms with Crippen LogP contribution in [0.4, 0.5) is 18.3 Å². The fraction of sp³-hybridized carbons (Fsp3) is 0.414. The van der Waals surface area contributed by atoms with Crippen LogP contribution in [-0.4, -0.2) is 92.4 Å². The molecule has 0 radical (unpaired) electrons. The summed E-state index contributed by atoms with van der Waals surface area (Å²) in [5.74, 6) is -6.92. The molecule has 1 aliphatic heterocycles. The number of hydrogen-bond donors (Lipinski definition) is 4. The molecule has 1 aromatic carbocycles. The van der Waals surface area contributed by atoms with E-state index in [0.717, 1.165) is 35.4 Å². The van der Waals surface area contributed by atoms with Gasteiger partial charge in [0.15, 0.2) is 23.7 Å². The first-order chi connectivity index (χ1) is 24.1. The number of anilines is 1. The molecule has 0 aliphatic carbocycles. The maximum absolute atomic E-state index is 13.2. The largest absolute Gasteiger partial charge is 0.542 e. The van der Waals surface area contributed by atoms with Crippen molar-refractivity contribution in [2.45, 2.75) is 51.1 Å². The first-order valence-corrected chi connectivity index (χ1v) is 17.2. The first-order valence-electron chi connectivity index (χ1n) is 14.9. The number of alkyl halides is 3. The summed E-state index contributed by atoms with van der Waals surface area (Å²) in [6, 6.07) is 6.01. The van der Waals surface area contributed by atoms with Gasteiger partial charge < -0.3 is 36.0 Å². The van der Waals surface area contributed by atoms with Crippen molar-refractivity contribution >= 4 is 56.1 Å². The van der Waals surface area contributed by atoms with Crippen molar-refractivity contribution in [1.82, 2.24) is 14.0 Å². The third-order valence-electron chi connectivity index (χ3n) is 7.50. The number of aliphatic carboxylic acids is 2. The van der Waals surface area contributed by atoms with Crippen LogP contribution in [-0.2, 0) is 47.9 Å². The van der Waals surface area contributed by atoms with E-state index in [0.29, 0.717) is 12.3 Å². The van der Waals surface area contributed by atoms with Gasteiger partial charge in [-0.3, -0.25) is 14.1 Å². The zero-order valence-corrected chi connectivity index (χ0v) is 29.3. The van der Waals surface area contributed by atoms with Crippen molar-refractivity contribution in [1.29, 1.82) is 0 Å². The van der Waals surface area contributed by atoms with Crippen LogP contribution >= 0.6 is 11.3 Å². The van der Waals surface area contributed by atoms with Crippen molar-refractivity contribution < 1.29 is 69.8 Å². The highest BCUT2D eigenvalue weighted by atomic mass is 32.2. The second kappa shape index (κ2) is 16.5. The van der Waals surface area contributed by atoms with Crippen molar-refractivity contribution in [2.24, 2.45) is 23.9 Å². The van der Waals surface area contributed by atoms with Gasteiger partial charge in [-0.15, -0.1) is 16.0 Å². The van der Waals surface area contributed by atoms with E-state index in [2.05, 4.69) is 10.1 Å².